The van der Waals surface area contributed by atoms with Crippen LogP contribution >= 0.6 is 0 Å². The first-order chi connectivity index (χ1) is 8.27. The van der Waals surface area contributed by atoms with Gasteiger partial charge in [0.2, 0.25) is 5.91 Å². The molecule has 0 radical (unpaired) electrons. The van der Waals surface area contributed by atoms with Crippen LogP contribution in [0.5, 0.6) is 0 Å². The van der Waals surface area contributed by atoms with Crippen molar-refractivity contribution in [3.8, 4) is 0 Å². The van der Waals surface area contributed by atoms with Crippen LogP contribution in [0, 0.1) is 5.92 Å². The molecule has 0 saturated carbocycles. The number of amides is 1. The number of rotatable bonds is 7. The molecule has 1 amide bonds. The fourth-order valence-corrected chi connectivity index (χ4v) is 2.15. The molecule has 1 heterocycles. The maximum Gasteiger partial charge on any atom is 0.224 e. The lowest BCUT2D eigenvalue weighted by Crippen LogP contribution is -2.44. The first-order valence-electron chi connectivity index (χ1n) is 6.46. The van der Waals surface area contributed by atoms with E-state index in [1.165, 1.54) is 0 Å². The number of carbonyl (C=O) groups is 1. The summed E-state index contributed by atoms with van der Waals surface area (Å²) >= 11 is 0. The second-order valence-corrected chi connectivity index (χ2v) is 4.37. The molecule has 1 aliphatic rings. The van der Waals surface area contributed by atoms with Gasteiger partial charge in [0.05, 0.1) is 25.7 Å². The molecule has 17 heavy (non-hydrogen) atoms. The van der Waals surface area contributed by atoms with Gasteiger partial charge < -0.3 is 20.1 Å². The van der Waals surface area contributed by atoms with Gasteiger partial charge in [-0.15, -0.1) is 0 Å². The number of nitrogens with one attached hydrogen (secondary N) is 1. The van der Waals surface area contributed by atoms with Crippen LogP contribution in [0.1, 0.15) is 19.8 Å². The maximum atomic E-state index is 11.7. The van der Waals surface area contributed by atoms with E-state index in [4.69, 9.17) is 9.84 Å². The average molecular weight is 244 g/mol. The Morgan fingerprint density at radius 2 is 2.35 bits per heavy atom. The molecule has 1 aliphatic heterocycles. The van der Waals surface area contributed by atoms with Gasteiger partial charge in [0.25, 0.3) is 0 Å². The molecule has 1 saturated heterocycles. The number of hydrogen-bond acceptors (Lipinski definition) is 4. The highest BCUT2D eigenvalue weighted by Gasteiger charge is 2.24. The predicted molar refractivity (Wildman–Crippen MR) is 65.8 cm³/mol. The quantitative estimate of drug-likeness (QED) is 0.611. The summed E-state index contributed by atoms with van der Waals surface area (Å²) in [7, 11) is 0. The van der Waals surface area contributed by atoms with Crippen LogP contribution in [0.25, 0.3) is 0 Å². The highest BCUT2D eigenvalue weighted by atomic mass is 16.5. The van der Waals surface area contributed by atoms with E-state index in [1.54, 1.807) is 0 Å². The van der Waals surface area contributed by atoms with E-state index in [9.17, 15) is 4.79 Å². The second-order valence-electron chi connectivity index (χ2n) is 4.37. The Morgan fingerprint density at radius 3 is 3.06 bits per heavy atom. The van der Waals surface area contributed by atoms with E-state index in [1.807, 2.05) is 6.92 Å². The molecule has 0 aliphatic carbocycles. The van der Waals surface area contributed by atoms with Crippen molar-refractivity contribution in [2.75, 3.05) is 46.0 Å². The molecule has 1 atom stereocenters. The molecule has 0 aromatic carbocycles. The first-order valence-corrected chi connectivity index (χ1v) is 6.46. The second kappa shape index (κ2) is 8.44. The van der Waals surface area contributed by atoms with Gasteiger partial charge in [0, 0.05) is 19.6 Å². The van der Waals surface area contributed by atoms with Crippen LogP contribution in [0.3, 0.4) is 0 Å². The minimum Gasteiger partial charge on any atom is -0.394 e. The Kier molecular flexibility index (Phi) is 7.16. The number of ether oxygens (including phenoxy) is 1. The van der Waals surface area contributed by atoms with Crippen molar-refractivity contribution < 1.29 is 14.6 Å². The minimum atomic E-state index is 0.0710. The normalized spacial score (nSPS) is 21.4. The Hall–Kier alpha value is -0.650. The fourth-order valence-electron chi connectivity index (χ4n) is 2.15. The zero-order valence-corrected chi connectivity index (χ0v) is 10.7. The molecule has 5 heteroatoms. The molecule has 0 spiro atoms. The summed E-state index contributed by atoms with van der Waals surface area (Å²) in [5, 5.41) is 11.5. The third-order valence-corrected chi connectivity index (χ3v) is 3.01. The van der Waals surface area contributed by atoms with Crippen LogP contribution in [-0.4, -0.2) is 61.9 Å². The lowest BCUT2D eigenvalue weighted by atomic mass is 9.97. The molecule has 1 fully saturated rings. The van der Waals surface area contributed by atoms with Crippen LogP contribution in [-0.2, 0) is 9.53 Å². The highest BCUT2D eigenvalue weighted by Crippen LogP contribution is 2.16. The number of piperidine rings is 1. The largest absolute Gasteiger partial charge is 0.394 e. The smallest absolute Gasteiger partial charge is 0.224 e. The molecule has 0 aromatic heterocycles. The number of likely N-dealkylation sites (tertiary alicyclic amines) is 1. The van der Waals surface area contributed by atoms with Crippen molar-refractivity contribution in [2.24, 2.45) is 5.92 Å². The minimum absolute atomic E-state index is 0.0710. The van der Waals surface area contributed by atoms with Crippen molar-refractivity contribution in [1.82, 2.24) is 10.2 Å². The van der Waals surface area contributed by atoms with Crippen molar-refractivity contribution in [1.29, 1.82) is 0 Å². The summed E-state index contributed by atoms with van der Waals surface area (Å²) in [4.78, 5) is 14.0. The summed E-state index contributed by atoms with van der Waals surface area (Å²) in [6.45, 7) is 6.45. The first kappa shape index (κ1) is 14.4. The van der Waals surface area contributed by atoms with Gasteiger partial charge in [-0.1, -0.05) is 0 Å². The standard InChI is InChI=1S/C12H24N2O3/c1-2-13-12(16)11-4-3-5-14(10-11)6-8-17-9-7-15/h11,15H,2-10H2,1H3,(H,13,16). The van der Waals surface area contributed by atoms with E-state index in [0.717, 1.165) is 32.5 Å². The molecular weight excluding hydrogens is 220 g/mol. The number of hydrogen-bond donors (Lipinski definition) is 2. The Labute approximate surface area is 103 Å². The van der Waals surface area contributed by atoms with E-state index in [-0.39, 0.29) is 18.4 Å². The van der Waals surface area contributed by atoms with E-state index < -0.39 is 0 Å². The molecule has 0 bridgehead atoms. The third kappa shape index (κ3) is 5.48. The van der Waals surface area contributed by atoms with Crippen LogP contribution < -0.4 is 5.32 Å². The zero-order valence-electron chi connectivity index (χ0n) is 10.7. The van der Waals surface area contributed by atoms with Gasteiger partial charge in [0.15, 0.2) is 0 Å². The van der Waals surface area contributed by atoms with Gasteiger partial charge in [0.1, 0.15) is 0 Å². The molecule has 100 valence electrons. The monoisotopic (exact) mass is 244 g/mol. The summed E-state index contributed by atoms with van der Waals surface area (Å²) in [6, 6.07) is 0. The van der Waals surface area contributed by atoms with Crippen molar-refractivity contribution in [3.05, 3.63) is 0 Å². The van der Waals surface area contributed by atoms with E-state index in [0.29, 0.717) is 19.8 Å². The summed E-state index contributed by atoms with van der Waals surface area (Å²) in [5.74, 6) is 0.301. The van der Waals surface area contributed by atoms with Crippen LogP contribution in [0.15, 0.2) is 0 Å². The Morgan fingerprint density at radius 1 is 1.53 bits per heavy atom. The molecule has 2 N–H and O–H groups in total. The maximum absolute atomic E-state index is 11.7. The molecular formula is C12H24N2O3. The van der Waals surface area contributed by atoms with Crippen LogP contribution in [0.4, 0.5) is 0 Å². The van der Waals surface area contributed by atoms with Gasteiger partial charge in [-0.3, -0.25) is 4.79 Å². The topological polar surface area (TPSA) is 61.8 Å². The van der Waals surface area contributed by atoms with E-state index >= 15 is 0 Å². The molecule has 1 unspecified atom stereocenters. The van der Waals surface area contributed by atoms with Gasteiger partial charge in [-0.05, 0) is 26.3 Å². The zero-order chi connectivity index (χ0) is 12.5. The van der Waals surface area contributed by atoms with Gasteiger partial charge >= 0.3 is 0 Å². The lowest BCUT2D eigenvalue weighted by Gasteiger charge is -2.31. The number of nitrogens with zero attached hydrogens (tertiary/aromatic N) is 1. The number of aliphatic hydroxyl groups is 1. The molecule has 0 aromatic rings. The van der Waals surface area contributed by atoms with E-state index in [2.05, 4.69) is 10.2 Å². The summed E-state index contributed by atoms with van der Waals surface area (Å²) < 4.78 is 5.24. The SMILES string of the molecule is CCNC(=O)C1CCCN(CCOCCO)C1. The molecule has 5 nitrogen and oxygen atoms in total. The van der Waals surface area contributed by atoms with Crippen molar-refractivity contribution in [3.63, 3.8) is 0 Å². The van der Waals surface area contributed by atoms with Gasteiger partial charge in [-0.2, -0.15) is 0 Å². The number of aliphatic hydroxyl groups excluding tert-OH is 1. The number of carbonyl (C=O) groups excluding carboxylic acids is 1. The predicted octanol–water partition coefficient (Wildman–Crippen LogP) is -0.157. The average Bonchev–Trinajstić information content (AvgIpc) is 2.35. The fraction of sp³-hybridized carbons (Fsp3) is 0.917. The van der Waals surface area contributed by atoms with Crippen molar-refractivity contribution >= 4 is 5.91 Å². The lowest BCUT2D eigenvalue weighted by molar-refractivity contribution is -0.126. The summed E-state index contributed by atoms with van der Waals surface area (Å²) in [6.07, 6.45) is 2.06. The third-order valence-electron chi connectivity index (χ3n) is 3.01. The molecule has 1 rings (SSSR count). The van der Waals surface area contributed by atoms with Crippen LogP contribution in [0.2, 0.25) is 0 Å². The Balaban J connectivity index is 2.21. The van der Waals surface area contributed by atoms with Crippen molar-refractivity contribution in [2.45, 2.75) is 19.8 Å². The Bertz CT molecular complexity index is 224. The summed E-state index contributed by atoms with van der Waals surface area (Å²) in [5.41, 5.74) is 0. The highest BCUT2D eigenvalue weighted by molar-refractivity contribution is 5.78. The van der Waals surface area contributed by atoms with Gasteiger partial charge in [-0.25, -0.2) is 0 Å².